The Morgan fingerprint density at radius 2 is 1.41 bits per heavy atom. The van der Waals surface area contributed by atoms with Gasteiger partial charge in [-0.15, -0.1) is 0 Å². The second kappa shape index (κ2) is 9.37. The summed E-state index contributed by atoms with van der Waals surface area (Å²) in [6.45, 7) is 8.75. The van der Waals surface area contributed by atoms with Gasteiger partial charge in [0.15, 0.2) is 5.78 Å². The highest BCUT2D eigenvalue weighted by Gasteiger charge is 2.49. The van der Waals surface area contributed by atoms with E-state index in [0.29, 0.717) is 6.42 Å². The summed E-state index contributed by atoms with van der Waals surface area (Å²) in [6, 6.07) is 25.9. The molecule has 3 heteroatoms. The molecule has 0 radical (unpaired) electrons. The van der Waals surface area contributed by atoms with Gasteiger partial charge >= 0.3 is 0 Å². The van der Waals surface area contributed by atoms with Gasteiger partial charge in [0.1, 0.15) is 0 Å². The fourth-order valence-corrected chi connectivity index (χ4v) is 6.80. The molecule has 0 bridgehead atoms. The first-order valence-electron chi connectivity index (χ1n) is 13.9. The van der Waals surface area contributed by atoms with E-state index in [0.717, 1.165) is 49.9 Å². The highest BCUT2D eigenvalue weighted by Crippen LogP contribution is 2.54. The number of nitrogens with zero attached hydrogens (tertiary/aromatic N) is 2. The number of benzene rings is 3. The van der Waals surface area contributed by atoms with Crippen LogP contribution in [-0.2, 0) is 18.5 Å². The van der Waals surface area contributed by atoms with Crippen molar-refractivity contribution in [2.75, 3.05) is 0 Å². The molecule has 6 rings (SSSR count). The zero-order valence-corrected chi connectivity index (χ0v) is 22.3. The zero-order chi connectivity index (χ0) is 25.6. The van der Waals surface area contributed by atoms with Crippen molar-refractivity contribution in [3.8, 4) is 0 Å². The second-order valence-corrected chi connectivity index (χ2v) is 10.6. The molecule has 0 saturated carbocycles. The molecule has 2 aromatic heterocycles. The van der Waals surface area contributed by atoms with Crippen LogP contribution in [0.2, 0.25) is 0 Å². The first-order valence-corrected chi connectivity index (χ1v) is 13.9. The van der Waals surface area contributed by atoms with E-state index in [9.17, 15) is 4.79 Å². The van der Waals surface area contributed by atoms with Crippen molar-refractivity contribution in [2.45, 2.75) is 71.4 Å². The molecule has 3 aromatic carbocycles. The van der Waals surface area contributed by atoms with Crippen LogP contribution in [0.15, 0.2) is 79.0 Å². The summed E-state index contributed by atoms with van der Waals surface area (Å²) in [7, 11) is 0. The molecular weight excluding hydrogens is 452 g/mol. The van der Waals surface area contributed by atoms with Crippen LogP contribution in [0.4, 0.5) is 0 Å². The molecule has 0 aliphatic heterocycles. The molecule has 1 aliphatic carbocycles. The van der Waals surface area contributed by atoms with Gasteiger partial charge in [0.25, 0.3) is 0 Å². The topological polar surface area (TPSA) is 26.9 Å². The van der Waals surface area contributed by atoms with E-state index < -0.39 is 5.41 Å². The normalized spacial score (nSPS) is 17.2. The number of fused-ring (bicyclic) bond motifs is 3. The monoisotopic (exact) mass is 488 g/mol. The molecule has 0 spiro atoms. The first-order chi connectivity index (χ1) is 18.1. The second-order valence-electron chi connectivity index (χ2n) is 10.6. The van der Waals surface area contributed by atoms with E-state index in [4.69, 9.17) is 0 Å². The Morgan fingerprint density at radius 3 is 2.19 bits per heavy atom. The van der Waals surface area contributed by atoms with Crippen molar-refractivity contribution in [3.63, 3.8) is 0 Å². The van der Waals surface area contributed by atoms with E-state index >= 15 is 0 Å². The lowest BCUT2D eigenvalue weighted by Crippen LogP contribution is -2.28. The predicted octanol–water partition coefficient (Wildman–Crippen LogP) is 8.43. The maximum absolute atomic E-state index is 13.8. The number of unbranched alkanes of at least 4 members (excludes halogenated alkanes) is 2. The third kappa shape index (κ3) is 3.51. The Balaban J connectivity index is 1.74. The van der Waals surface area contributed by atoms with Gasteiger partial charge in [0.2, 0.25) is 0 Å². The van der Waals surface area contributed by atoms with Crippen LogP contribution in [0, 0.1) is 6.92 Å². The molecule has 0 amide bonds. The molecule has 0 saturated heterocycles. The average molecular weight is 489 g/mol. The smallest absolute Gasteiger partial charge is 0.164 e. The minimum atomic E-state index is -0.522. The van der Waals surface area contributed by atoms with E-state index in [1.54, 1.807) is 0 Å². The summed E-state index contributed by atoms with van der Waals surface area (Å²) in [6.07, 6.45) is 7.41. The molecule has 0 fully saturated rings. The lowest BCUT2D eigenvalue weighted by atomic mass is 9.69. The fourth-order valence-electron chi connectivity index (χ4n) is 6.80. The Morgan fingerprint density at radius 1 is 0.757 bits per heavy atom. The van der Waals surface area contributed by atoms with Crippen LogP contribution in [0.1, 0.15) is 78.7 Å². The number of aromatic nitrogens is 2. The summed E-state index contributed by atoms with van der Waals surface area (Å²) in [5, 5.41) is 2.53. The number of Topliss-reactive ketones (excluding diaryl/α,β-unsaturated/α-hetero) is 1. The van der Waals surface area contributed by atoms with Gasteiger partial charge < -0.3 is 9.13 Å². The molecule has 188 valence electrons. The van der Waals surface area contributed by atoms with Crippen LogP contribution in [-0.4, -0.2) is 14.9 Å². The van der Waals surface area contributed by atoms with Gasteiger partial charge in [-0.2, -0.15) is 0 Å². The maximum Gasteiger partial charge on any atom is 0.164 e. The number of rotatable bonds is 8. The van der Waals surface area contributed by atoms with Crippen molar-refractivity contribution >= 4 is 27.6 Å². The Kier molecular flexibility index (Phi) is 6.03. The minimum absolute atomic E-state index is 0.241. The van der Waals surface area contributed by atoms with Crippen molar-refractivity contribution in [1.82, 2.24) is 9.13 Å². The van der Waals surface area contributed by atoms with Crippen LogP contribution >= 0.6 is 0 Å². The number of carbonyl (C=O) groups excluding carboxylic acids is 1. The number of hydrogen-bond donors (Lipinski definition) is 0. The number of carbonyl (C=O) groups is 1. The lowest BCUT2D eigenvalue weighted by molar-refractivity contribution is 0.0984. The standard InChI is InChI=1S/C34H36N2O/c1-4-6-20-35-23-29(25-14-9-12-18-30(25)35)34(22-32(37)26-15-8-11-17-28(26)34)33-24(3)36(21-7-5-2)31-19-13-10-16-27(31)33/h8-19,23H,4-7,20-22H2,1-3H3. The van der Waals surface area contributed by atoms with Gasteiger partial charge in [0.05, 0.1) is 5.41 Å². The number of para-hydroxylation sites is 2. The molecule has 2 heterocycles. The summed E-state index contributed by atoms with van der Waals surface area (Å²) >= 11 is 0. The zero-order valence-electron chi connectivity index (χ0n) is 22.3. The van der Waals surface area contributed by atoms with E-state index in [1.807, 2.05) is 12.1 Å². The van der Waals surface area contributed by atoms with Crippen molar-refractivity contribution < 1.29 is 4.79 Å². The lowest BCUT2D eigenvalue weighted by Gasteiger charge is -2.31. The van der Waals surface area contributed by atoms with E-state index in [2.05, 4.69) is 96.8 Å². The molecule has 0 N–H and O–H groups in total. The Labute approximate surface area is 219 Å². The van der Waals surface area contributed by atoms with Crippen LogP contribution in [0.3, 0.4) is 0 Å². The quantitative estimate of drug-likeness (QED) is 0.215. The summed E-state index contributed by atoms with van der Waals surface area (Å²) in [5.74, 6) is 0.241. The van der Waals surface area contributed by atoms with E-state index in [1.165, 1.54) is 38.6 Å². The SMILES string of the molecule is CCCCn1cc(C2(c3c(C)n(CCCC)c4ccccc34)CC(=O)c3ccccc32)c2ccccc21. The average Bonchev–Trinajstić information content (AvgIpc) is 3.54. The highest BCUT2D eigenvalue weighted by atomic mass is 16.1. The minimum Gasteiger partial charge on any atom is -0.347 e. The molecule has 1 atom stereocenters. The third-order valence-electron chi connectivity index (χ3n) is 8.51. The largest absolute Gasteiger partial charge is 0.347 e. The molecule has 1 aliphatic rings. The molecule has 1 unspecified atom stereocenters. The van der Waals surface area contributed by atoms with Gasteiger partial charge in [-0.05, 0) is 48.6 Å². The van der Waals surface area contributed by atoms with Gasteiger partial charge in [-0.3, -0.25) is 4.79 Å². The van der Waals surface area contributed by atoms with E-state index in [-0.39, 0.29) is 5.78 Å². The molecule has 5 aromatic rings. The fraction of sp³-hybridized carbons (Fsp3) is 0.324. The molecular formula is C34H36N2O. The van der Waals surface area contributed by atoms with Crippen molar-refractivity contribution in [2.24, 2.45) is 0 Å². The van der Waals surface area contributed by atoms with Crippen LogP contribution in [0.25, 0.3) is 21.8 Å². The molecule has 37 heavy (non-hydrogen) atoms. The predicted molar refractivity (Wildman–Crippen MR) is 154 cm³/mol. The van der Waals surface area contributed by atoms with Gasteiger partial charge in [-0.25, -0.2) is 0 Å². The number of aryl methyl sites for hydroxylation is 2. The van der Waals surface area contributed by atoms with Crippen molar-refractivity contribution in [3.05, 3.63) is 107 Å². The highest BCUT2D eigenvalue weighted by molar-refractivity contribution is 6.07. The van der Waals surface area contributed by atoms with Crippen LogP contribution < -0.4 is 0 Å². The number of ketones is 1. The Hall–Kier alpha value is -3.59. The van der Waals surface area contributed by atoms with Crippen molar-refractivity contribution in [1.29, 1.82) is 0 Å². The summed E-state index contributed by atoms with van der Waals surface area (Å²) in [4.78, 5) is 13.8. The Bertz CT molecular complexity index is 1620. The molecule has 3 nitrogen and oxygen atoms in total. The maximum atomic E-state index is 13.8. The summed E-state index contributed by atoms with van der Waals surface area (Å²) < 4.78 is 4.92. The first kappa shape index (κ1) is 23.8. The summed E-state index contributed by atoms with van der Waals surface area (Å²) in [5.41, 5.74) is 7.88. The third-order valence-corrected chi connectivity index (χ3v) is 8.51. The van der Waals surface area contributed by atoms with Gasteiger partial charge in [-0.1, -0.05) is 87.4 Å². The van der Waals surface area contributed by atoms with Gasteiger partial charge in [0, 0.05) is 58.8 Å². The van der Waals surface area contributed by atoms with Crippen LogP contribution in [0.5, 0.6) is 0 Å². The number of hydrogen-bond acceptors (Lipinski definition) is 1.